The van der Waals surface area contributed by atoms with Crippen molar-refractivity contribution in [2.45, 2.75) is 52.2 Å². The van der Waals surface area contributed by atoms with Gasteiger partial charge in [0.15, 0.2) is 5.79 Å². The molecule has 2 aliphatic carbocycles. The van der Waals surface area contributed by atoms with Crippen molar-refractivity contribution in [3.8, 4) is 0 Å². The summed E-state index contributed by atoms with van der Waals surface area (Å²) in [7, 11) is 0. The highest BCUT2D eigenvalue weighted by molar-refractivity contribution is 5.26. The van der Waals surface area contributed by atoms with Crippen LogP contribution in [-0.4, -0.2) is 17.5 Å². The zero-order valence-corrected chi connectivity index (χ0v) is 11.2. The fraction of sp³-hybridized carbons (Fsp3) is 0.867. The Hall–Kier alpha value is -0.340. The first-order chi connectivity index (χ1) is 7.98. The third kappa shape index (κ3) is 1.40. The van der Waals surface area contributed by atoms with Gasteiger partial charge in [-0.15, -0.1) is 0 Å². The van der Waals surface area contributed by atoms with E-state index in [4.69, 9.17) is 4.74 Å². The van der Waals surface area contributed by atoms with Crippen LogP contribution in [0, 0.1) is 23.2 Å². The summed E-state index contributed by atoms with van der Waals surface area (Å²) in [6, 6.07) is 0. The molecule has 0 unspecified atom stereocenters. The molecule has 2 nitrogen and oxygen atoms in total. The summed E-state index contributed by atoms with van der Waals surface area (Å²) in [6.45, 7) is 7.67. The van der Waals surface area contributed by atoms with Crippen LogP contribution in [0.2, 0.25) is 0 Å². The maximum atomic E-state index is 10.8. The molecule has 1 saturated carbocycles. The molecule has 1 aliphatic heterocycles. The van der Waals surface area contributed by atoms with Crippen molar-refractivity contribution in [1.29, 1.82) is 0 Å². The van der Waals surface area contributed by atoms with Gasteiger partial charge in [0.2, 0.25) is 0 Å². The molecule has 3 rings (SSSR count). The van der Waals surface area contributed by atoms with E-state index in [9.17, 15) is 5.11 Å². The van der Waals surface area contributed by atoms with Crippen molar-refractivity contribution in [3.05, 3.63) is 11.6 Å². The van der Waals surface area contributed by atoms with Gasteiger partial charge in [-0.25, -0.2) is 0 Å². The molecule has 1 heterocycles. The topological polar surface area (TPSA) is 29.5 Å². The molecule has 0 amide bonds. The zero-order chi connectivity index (χ0) is 12.3. The molecular formula is C15H24O2. The molecule has 0 spiro atoms. The number of rotatable bonds is 0. The second-order valence-corrected chi connectivity index (χ2v) is 6.60. The van der Waals surface area contributed by atoms with Crippen molar-refractivity contribution >= 4 is 0 Å². The molecule has 2 fully saturated rings. The fourth-order valence-corrected chi connectivity index (χ4v) is 4.73. The van der Waals surface area contributed by atoms with Gasteiger partial charge in [0.25, 0.3) is 0 Å². The molecule has 0 aromatic carbocycles. The Labute approximate surface area is 104 Å². The second kappa shape index (κ2) is 3.58. The average molecular weight is 236 g/mol. The van der Waals surface area contributed by atoms with E-state index in [0.29, 0.717) is 11.8 Å². The normalized spacial score (nSPS) is 53.9. The number of allylic oxidation sites excluding steroid dienone is 2. The van der Waals surface area contributed by atoms with Gasteiger partial charge in [-0.05, 0) is 36.5 Å². The van der Waals surface area contributed by atoms with Gasteiger partial charge in [0.05, 0.1) is 6.61 Å². The molecule has 0 radical (unpaired) electrons. The lowest BCUT2D eigenvalue weighted by Crippen LogP contribution is -2.53. The molecule has 3 aliphatic rings. The molecule has 0 aromatic rings. The second-order valence-electron chi connectivity index (χ2n) is 6.60. The lowest BCUT2D eigenvalue weighted by molar-refractivity contribution is -0.231. The van der Waals surface area contributed by atoms with Crippen LogP contribution in [0.3, 0.4) is 0 Å². The molecule has 2 heteroatoms. The zero-order valence-electron chi connectivity index (χ0n) is 11.2. The van der Waals surface area contributed by atoms with Gasteiger partial charge in [-0.1, -0.05) is 32.4 Å². The van der Waals surface area contributed by atoms with Crippen LogP contribution in [0.1, 0.15) is 46.5 Å². The molecule has 0 aromatic heterocycles. The van der Waals surface area contributed by atoms with Crippen molar-refractivity contribution in [1.82, 2.24) is 0 Å². The summed E-state index contributed by atoms with van der Waals surface area (Å²) in [5, 5.41) is 10.8. The Bertz CT molecular complexity index is 362. The third-order valence-corrected chi connectivity index (χ3v) is 5.76. The summed E-state index contributed by atoms with van der Waals surface area (Å²) in [5.41, 5.74) is 1.74. The summed E-state index contributed by atoms with van der Waals surface area (Å²) in [6.07, 6.45) is 6.70. The Morgan fingerprint density at radius 1 is 1.41 bits per heavy atom. The number of ether oxygens (including phenoxy) is 1. The Balaban J connectivity index is 2.08. The quantitative estimate of drug-likeness (QED) is 0.655. The van der Waals surface area contributed by atoms with E-state index < -0.39 is 5.79 Å². The third-order valence-electron chi connectivity index (χ3n) is 5.76. The van der Waals surface area contributed by atoms with Crippen molar-refractivity contribution in [3.63, 3.8) is 0 Å². The maximum absolute atomic E-state index is 10.8. The minimum atomic E-state index is -0.850. The van der Waals surface area contributed by atoms with E-state index in [1.807, 2.05) is 0 Å². The summed E-state index contributed by atoms with van der Waals surface area (Å²) in [5.74, 6) is 0.555. The smallest absolute Gasteiger partial charge is 0.169 e. The Morgan fingerprint density at radius 2 is 2.18 bits per heavy atom. The summed E-state index contributed by atoms with van der Waals surface area (Å²) >= 11 is 0. The summed E-state index contributed by atoms with van der Waals surface area (Å²) < 4.78 is 5.75. The highest BCUT2D eigenvalue weighted by Crippen LogP contribution is 2.61. The van der Waals surface area contributed by atoms with Crippen molar-refractivity contribution in [2.75, 3.05) is 6.61 Å². The molecule has 17 heavy (non-hydrogen) atoms. The van der Waals surface area contributed by atoms with Gasteiger partial charge < -0.3 is 9.84 Å². The molecule has 0 bridgehead atoms. The van der Waals surface area contributed by atoms with Gasteiger partial charge in [-0.2, -0.15) is 0 Å². The predicted molar refractivity (Wildman–Crippen MR) is 67.4 cm³/mol. The van der Waals surface area contributed by atoms with Crippen LogP contribution in [0.25, 0.3) is 0 Å². The Kier molecular flexibility index (Phi) is 2.47. The highest BCUT2D eigenvalue weighted by atomic mass is 16.6. The SMILES string of the molecule is C[C@@H]1CO[C@@]2(O)CCC3=CCC[C@H](C)[C@@]3(C)[C@@H]12. The average Bonchev–Trinajstić information content (AvgIpc) is 2.59. The van der Waals surface area contributed by atoms with E-state index >= 15 is 0 Å². The predicted octanol–water partition coefficient (Wildman–Crippen LogP) is 3.11. The van der Waals surface area contributed by atoms with Crippen LogP contribution in [-0.2, 0) is 4.74 Å². The highest BCUT2D eigenvalue weighted by Gasteiger charge is 2.61. The van der Waals surface area contributed by atoms with E-state index in [0.717, 1.165) is 19.4 Å². The van der Waals surface area contributed by atoms with Gasteiger partial charge >= 0.3 is 0 Å². The lowest BCUT2D eigenvalue weighted by Gasteiger charge is -2.54. The maximum Gasteiger partial charge on any atom is 0.169 e. The lowest BCUT2D eigenvalue weighted by atomic mass is 9.52. The molecule has 1 saturated heterocycles. The van der Waals surface area contributed by atoms with Crippen LogP contribution in [0.15, 0.2) is 11.6 Å². The minimum Gasteiger partial charge on any atom is -0.365 e. The van der Waals surface area contributed by atoms with E-state index in [2.05, 4.69) is 26.8 Å². The van der Waals surface area contributed by atoms with Crippen LogP contribution in [0.5, 0.6) is 0 Å². The largest absolute Gasteiger partial charge is 0.365 e. The van der Waals surface area contributed by atoms with Crippen molar-refractivity contribution < 1.29 is 9.84 Å². The number of hydrogen-bond acceptors (Lipinski definition) is 2. The van der Waals surface area contributed by atoms with Crippen LogP contribution in [0.4, 0.5) is 0 Å². The molecular weight excluding hydrogens is 212 g/mol. The molecule has 5 atom stereocenters. The van der Waals surface area contributed by atoms with Crippen LogP contribution < -0.4 is 0 Å². The monoisotopic (exact) mass is 236 g/mol. The number of hydrogen-bond donors (Lipinski definition) is 1. The number of fused-ring (bicyclic) bond motifs is 3. The number of aliphatic hydroxyl groups is 1. The van der Waals surface area contributed by atoms with Gasteiger partial charge in [0, 0.05) is 12.3 Å². The first-order valence-corrected chi connectivity index (χ1v) is 7.04. The Morgan fingerprint density at radius 3 is 2.94 bits per heavy atom. The van der Waals surface area contributed by atoms with E-state index in [-0.39, 0.29) is 11.3 Å². The van der Waals surface area contributed by atoms with Crippen molar-refractivity contribution in [2.24, 2.45) is 23.2 Å². The standard InChI is InChI=1S/C15H24O2/c1-10-9-17-15(16)8-7-12-6-4-5-11(2)14(12,3)13(10)15/h6,10-11,13,16H,4-5,7-9H2,1-3H3/t10-,11+,13-,14-,15+/m1/s1. The molecule has 1 N–H and O–H groups in total. The first kappa shape index (κ1) is 11.7. The van der Waals surface area contributed by atoms with Crippen LogP contribution >= 0.6 is 0 Å². The van der Waals surface area contributed by atoms with E-state index in [1.54, 1.807) is 5.57 Å². The first-order valence-electron chi connectivity index (χ1n) is 7.04. The van der Waals surface area contributed by atoms with E-state index in [1.165, 1.54) is 12.8 Å². The van der Waals surface area contributed by atoms with Gasteiger partial charge in [-0.3, -0.25) is 0 Å². The fourth-order valence-electron chi connectivity index (χ4n) is 4.73. The van der Waals surface area contributed by atoms with Gasteiger partial charge in [0.1, 0.15) is 0 Å². The summed E-state index contributed by atoms with van der Waals surface area (Å²) in [4.78, 5) is 0. The molecule has 96 valence electrons. The minimum absolute atomic E-state index is 0.154.